The minimum atomic E-state index is -4.48. The van der Waals surface area contributed by atoms with Crippen LogP contribution in [0.1, 0.15) is 16.7 Å². The molecule has 1 aliphatic rings. The Hall–Kier alpha value is -2.87. The molecular formula is C19H17F3N2O3. The van der Waals surface area contributed by atoms with Crippen LogP contribution in [-0.2, 0) is 28.6 Å². The lowest BCUT2D eigenvalue weighted by atomic mass is 10.0. The molecule has 0 radical (unpaired) electrons. The van der Waals surface area contributed by atoms with Crippen molar-refractivity contribution >= 4 is 17.5 Å². The van der Waals surface area contributed by atoms with Gasteiger partial charge in [-0.15, -0.1) is 0 Å². The molecule has 5 nitrogen and oxygen atoms in total. The van der Waals surface area contributed by atoms with Crippen molar-refractivity contribution in [2.45, 2.75) is 24.6 Å². The van der Waals surface area contributed by atoms with E-state index in [-0.39, 0.29) is 12.2 Å². The number of carbonyl (C=O) groups excluding carboxylic acids is 2. The van der Waals surface area contributed by atoms with Crippen LogP contribution >= 0.6 is 0 Å². The van der Waals surface area contributed by atoms with Crippen LogP contribution in [0.25, 0.3) is 0 Å². The molecule has 2 amide bonds. The van der Waals surface area contributed by atoms with Gasteiger partial charge in [0.25, 0.3) is 0 Å². The van der Waals surface area contributed by atoms with Crippen LogP contribution in [0.3, 0.4) is 0 Å². The van der Waals surface area contributed by atoms with Gasteiger partial charge in [-0.3, -0.25) is 9.59 Å². The smallest absolute Gasteiger partial charge is 0.387 e. The summed E-state index contributed by atoms with van der Waals surface area (Å²) in [6, 6.07) is 11.3. The van der Waals surface area contributed by atoms with Gasteiger partial charge in [0.05, 0.1) is 11.2 Å². The summed E-state index contributed by atoms with van der Waals surface area (Å²) in [6.07, 6.45) is -3.75. The molecule has 0 saturated heterocycles. The molecule has 3 rings (SSSR count). The number of benzene rings is 2. The molecule has 0 saturated carbocycles. The monoisotopic (exact) mass is 378 g/mol. The molecule has 1 aliphatic carbocycles. The van der Waals surface area contributed by atoms with Crippen molar-refractivity contribution in [2.24, 2.45) is 0 Å². The molecule has 2 aromatic carbocycles. The lowest BCUT2D eigenvalue weighted by molar-refractivity contribution is -0.137. The first-order chi connectivity index (χ1) is 12.7. The van der Waals surface area contributed by atoms with Gasteiger partial charge in [-0.2, -0.15) is 13.2 Å². The van der Waals surface area contributed by atoms with Gasteiger partial charge < -0.3 is 15.7 Å². The fourth-order valence-corrected chi connectivity index (χ4v) is 3.05. The number of rotatable bonds is 3. The highest BCUT2D eigenvalue weighted by Crippen LogP contribution is 2.30. The largest absolute Gasteiger partial charge is 0.416 e. The van der Waals surface area contributed by atoms with E-state index in [2.05, 4.69) is 10.6 Å². The number of anilines is 1. The summed E-state index contributed by atoms with van der Waals surface area (Å²) >= 11 is 0. The topological polar surface area (TPSA) is 78.4 Å². The zero-order valence-corrected chi connectivity index (χ0v) is 14.1. The minimum absolute atomic E-state index is 0.0649. The van der Waals surface area contributed by atoms with Crippen LogP contribution in [0.15, 0.2) is 48.5 Å². The standard InChI is InChI=1S/C19H17F3N2O3/c20-19(21,22)14-5-7-15(8-6-14)24-17(26)16(25)23-11-18(27)9-12-3-1-2-4-13(12)10-18/h1-8,27H,9-11H2,(H,23,25)(H,24,26). The Kier molecular flexibility index (Phi) is 4.93. The van der Waals surface area contributed by atoms with E-state index in [1.165, 1.54) is 0 Å². The summed E-state index contributed by atoms with van der Waals surface area (Å²) in [6.45, 7) is -0.110. The molecule has 27 heavy (non-hydrogen) atoms. The van der Waals surface area contributed by atoms with Gasteiger partial charge in [-0.1, -0.05) is 24.3 Å². The summed E-state index contributed by atoms with van der Waals surface area (Å²) in [4.78, 5) is 23.8. The highest BCUT2D eigenvalue weighted by atomic mass is 19.4. The number of alkyl halides is 3. The number of carbonyl (C=O) groups is 2. The van der Waals surface area contributed by atoms with E-state index in [9.17, 15) is 27.9 Å². The summed E-state index contributed by atoms with van der Waals surface area (Å²) in [7, 11) is 0. The SMILES string of the molecule is O=C(NCC1(O)Cc2ccccc2C1)C(=O)Nc1ccc(C(F)(F)F)cc1. The number of hydrogen-bond donors (Lipinski definition) is 3. The first-order valence-corrected chi connectivity index (χ1v) is 8.22. The number of halogens is 3. The molecule has 8 heteroatoms. The summed E-state index contributed by atoms with van der Waals surface area (Å²) in [5.74, 6) is -1.99. The van der Waals surface area contributed by atoms with Crippen molar-refractivity contribution in [3.63, 3.8) is 0 Å². The third kappa shape index (κ3) is 4.46. The number of amides is 2. The third-order valence-corrected chi connectivity index (χ3v) is 4.41. The molecule has 2 aromatic rings. The van der Waals surface area contributed by atoms with Crippen LogP contribution in [0.2, 0.25) is 0 Å². The second kappa shape index (κ2) is 7.03. The molecule has 0 heterocycles. The number of aliphatic hydroxyl groups is 1. The molecule has 0 aliphatic heterocycles. The average Bonchev–Trinajstić information content (AvgIpc) is 2.96. The van der Waals surface area contributed by atoms with Gasteiger partial charge in [0.1, 0.15) is 0 Å². The number of fused-ring (bicyclic) bond motifs is 1. The van der Waals surface area contributed by atoms with E-state index >= 15 is 0 Å². The maximum Gasteiger partial charge on any atom is 0.416 e. The lowest BCUT2D eigenvalue weighted by Crippen LogP contribution is -2.46. The summed E-state index contributed by atoms with van der Waals surface area (Å²) in [5, 5.41) is 15.2. The van der Waals surface area contributed by atoms with E-state index in [0.29, 0.717) is 12.8 Å². The number of hydrogen-bond acceptors (Lipinski definition) is 3. The Labute approximate surface area is 153 Å². The maximum absolute atomic E-state index is 12.5. The van der Waals surface area contributed by atoms with Crippen molar-refractivity contribution in [2.75, 3.05) is 11.9 Å². The zero-order valence-electron chi connectivity index (χ0n) is 14.1. The summed E-state index contributed by atoms with van der Waals surface area (Å²) in [5.41, 5.74) is 0.0172. The molecule has 142 valence electrons. The number of nitrogens with one attached hydrogen (secondary N) is 2. The normalized spacial score (nSPS) is 15.1. The fourth-order valence-electron chi connectivity index (χ4n) is 3.05. The predicted octanol–water partition coefficient (Wildman–Crippen LogP) is 2.29. The highest BCUT2D eigenvalue weighted by molar-refractivity contribution is 6.39. The van der Waals surface area contributed by atoms with Crippen molar-refractivity contribution in [1.29, 1.82) is 0 Å². The lowest BCUT2D eigenvalue weighted by Gasteiger charge is -2.22. The molecule has 0 bridgehead atoms. The first-order valence-electron chi connectivity index (χ1n) is 8.22. The maximum atomic E-state index is 12.5. The Bertz CT molecular complexity index is 838. The molecule has 3 N–H and O–H groups in total. The molecule has 0 unspecified atom stereocenters. The zero-order chi connectivity index (χ0) is 19.7. The van der Waals surface area contributed by atoms with E-state index in [1.807, 2.05) is 24.3 Å². The van der Waals surface area contributed by atoms with Crippen molar-refractivity contribution < 1.29 is 27.9 Å². The van der Waals surface area contributed by atoms with Crippen molar-refractivity contribution in [3.8, 4) is 0 Å². The van der Waals surface area contributed by atoms with Gasteiger partial charge in [0.15, 0.2) is 0 Å². The average molecular weight is 378 g/mol. The van der Waals surface area contributed by atoms with E-state index < -0.39 is 29.2 Å². The fraction of sp³-hybridized carbons (Fsp3) is 0.263. The van der Waals surface area contributed by atoms with Crippen LogP contribution in [0, 0.1) is 0 Å². The predicted molar refractivity (Wildman–Crippen MR) is 91.9 cm³/mol. The first kappa shape index (κ1) is 18.9. The van der Waals surface area contributed by atoms with Gasteiger partial charge in [0.2, 0.25) is 0 Å². The molecular weight excluding hydrogens is 361 g/mol. The minimum Gasteiger partial charge on any atom is -0.387 e. The van der Waals surface area contributed by atoms with Gasteiger partial charge in [-0.05, 0) is 35.4 Å². The van der Waals surface area contributed by atoms with E-state index in [1.54, 1.807) is 0 Å². The third-order valence-electron chi connectivity index (χ3n) is 4.41. The van der Waals surface area contributed by atoms with Crippen LogP contribution in [-0.4, -0.2) is 29.1 Å². The van der Waals surface area contributed by atoms with Crippen LogP contribution < -0.4 is 10.6 Å². The van der Waals surface area contributed by atoms with Gasteiger partial charge in [-0.25, -0.2) is 0 Å². The second-order valence-corrected chi connectivity index (χ2v) is 6.56. The van der Waals surface area contributed by atoms with Crippen molar-refractivity contribution in [3.05, 3.63) is 65.2 Å². The molecule has 0 atom stereocenters. The molecule has 0 aromatic heterocycles. The van der Waals surface area contributed by atoms with E-state index in [0.717, 1.165) is 35.4 Å². The Morgan fingerprint density at radius 2 is 1.52 bits per heavy atom. The van der Waals surface area contributed by atoms with Gasteiger partial charge >= 0.3 is 18.0 Å². The van der Waals surface area contributed by atoms with Crippen molar-refractivity contribution in [1.82, 2.24) is 5.32 Å². The second-order valence-electron chi connectivity index (χ2n) is 6.56. The summed E-state index contributed by atoms with van der Waals surface area (Å²) < 4.78 is 37.6. The van der Waals surface area contributed by atoms with Crippen LogP contribution in [0.4, 0.5) is 18.9 Å². The molecule has 0 fully saturated rings. The van der Waals surface area contributed by atoms with Crippen LogP contribution in [0.5, 0.6) is 0 Å². The Morgan fingerprint density at radius 3 is 2.04 bits per heavy atom. The Balaban J connectivity index is 1.53. The van der Waals surface area contributed by atoms with E-state index in [4.69, 9.17) is 0 Å². The Morgan fingerprint density at radius 1 is 0.963 bits per heavy atom. The quantitative estimate of drug-likeness (QED) is 0.717. The molecule has 0 spiro atoms. The highest BCUT2D eigenvalue weighted by Gasteiger charge is 2.35. The van der Waals surface area contributed by atoms with Gasteiger partial charge in [0, 0.05) is 25.1 Å².